The van der Waals surface area contributed by atoms with Crippen LogP contribution in [0, 0.1) is 5.92 Å². The van der Waals surface area contributed by atoms with Crippen LogP contribution >= 0.6 is 11.6 Å². The van der Waals surface area contributed by atoms with Gasteiger partial charge in [0.25, 0.3) is 0 Å². The summed E-state index contributed by atoms with van der Waals surface area (Å²) in [7, 11) is 0. The molecule has 2 saturated heterocycles. The summed E-state index contributed by atoms with van der Waals surface area (Å²) in [6.45, 7) is 2.98. The number of amides is 2. The van der Waals surface area contributed by atoms with Gasteiger partial charge in [0.1, 0.15) is 5.82 Å². The highest BCUT2D eigenvalue weighted by molar-refractivity contribution is 6.30. The molecule has 0 spiro atoms. The normalized spacial score (nSPS) is 20.5. The second-order valence-electron chi connectivity index (χ2n) is 9.33. The van der Waals surface area contributed by atoms with Crippen molar-refractivity contribution in [1.82, 2.24) is 20.0 Å². The number of anilines is 2. The molecule has 3 fully saturated rings. The van der Waals surface area contributed by atoms with Crippen LogP contribution in [0.4, 0.5) is 11.5 Å². The molecule has 0 bridgehead atoms. The van der Waals surface area contributed by atoms with Crippen molar-refractivity contribution in [3.8, 4) is 11.4 Å². The molecule has 1 unspecified atom stereocenters. The minimum atomic E-state index is -0.322. The van der Waals surface area contributed by atoms with Gasteiger partial charge in [-0.3, -0.25) is 9.59 Å². The highest BCUT2D eigenvalue weighted by Gasteiger charge is 2.38. The fraction of sp³-hybridized carbons (Fsp3) is 0.400. The maximum atomic E-state index is 13.1. The molecule has 6 rings (SSSR count). The van der Waals surface area contributed by atoms with Gasteiger partial charge >= 0.3 is 0 Å². The zero-order valence-corrected chi connectivity index (χ0v) is 19.9. The minimum Gasteiger partial charge on any atom is -0.353 e. The lowest BCUT2D eigenvalue weighted by Crippen LogP contribution is -2.51. The molecule has 1 atom stereocenters. The van der Waals surface area contributed by atoms with Gasteiger partial charge in [0, 0.05) is 67.5 Å². The Bertz CT molecular complexity index is 1230. The minimum absolute atomic E-state index is 0.0283. The standard InChI is InChI=1S/C25H25ClN6O3/c26-19-4-6-20(7-5-19)32-15-18(13-22(32)33)25(34)31-11-9-30(10-12-31)21-8-3-17(14-27-21)23-28-24(35-29-23)16-1-2-16/h3-8,14,16,18H,1-2,9-13,15H2. The van der Waals surface area contributed by atoms with E-state index in [0.29, 0.717) is 55.4 Å². The molecule has 35 heavy (non-hydrogen) atoms. The molecule has 0 N–H and O–H groups in total. The van der Waals surface area contributed by atoms with Crippen molar-refractivity contribution in [2.45, 2.75) is 25.2 Å². The van der Waals surface area contributed by atoms with Crippen molar-refractivity contribution in [2.75, 3.05) is 42.5 Å². The predicted molar refractivity (Wildman–Crippen MR) is 130 cm³/mol. The molecule has 3 aromatic rings. The lowest BCUT2D eigenvalue weighted by atomic mass is 10.1. The Labute approximate surface area is 207 Å². The van der Waals surface area contributed by atoms with Crippen LogP contribution in [-0.4, -0.2) is 64.6 Å². The van der Waals surface area contributed by atoms with E-state index in [1.807, 2.05) is 29.2 Å². The fourth-order valence-electron chi connectivity index (χ4n) is 4.71. The van der Waals surface area contributed by atoms with Gasteiger partial charge in [-0.25, -0.2) is 4.98 Å². The summed E-state index contributed by atoms with van der Waals surface area (Å²) >= 11 is 5.96. The quantitative estimate of drug-likeness (QED) is 0.538. The first-order valence-electron chi connectivity index (χ1n) is 11.9. The molecule has 10 heteroatoms. The molecule has 1 aromatic carbocycles. The Balaban J connectivity index is 1.04. The summed E-state index contributed by atoms with van der Waals surface area (Å²) in [5, 5.41) is 4.69. The topological polar surface area (TPSA) is 95.7 Å². The second-order valence-corrected chi connectivity index (χ2v) is 9.77. The number of hydrogen-bond acceptors (Lipinski definition) is 7. The van der Waals surface area contributed by atoms with Gasteiger partial charge in [0.05, 0.1) is 5.92 Å². The van der Waals surface area contributed by atoms with Crippen LogP contribution in [0.15, 0.2) is 47.1 Å². The number of halogens is 1. The van der Waals surface area contributed by atoms with Gasteiger partial charge in [0.15, 0.2) is 0 Å². The van der Waals surface area contributed by atoms with Crippen LogP contribution in [0.3, 0.4) is 0 Å². The third kappa shape index (κ3) is 4.48. The van der Waals surface area contributed by atoms with Gasteiger partial charge in [-0.2, -0.15) is 4.98 Å². The van der Waals surface area contributed by atoms with Gasteiger partial charge in [-0.15, -0.1) is 0 Å². The van der Waals surface area contributed by atoms with Crippen molar-refractivity contribution in [2.24, 2.45) is 5.92 Å². The SMILES string of the molecule is O=C(C1CC(=O)N(c2ccc(Cl)cc2)C1)N1CCN(c2ccc(-c3noc(C4CC4)n3)cn2)CC1. The van der Waals surface area contributed by atoms with Crippen molar-refractivity contribution in [3.63, 3.8) is 0 Å². The maximum Gasteiger partial charge on any atom is 0.230 e. The number of pyridine rings is 1. The van der Waals surface area contributed by atoms with Crippen LogP contribution < -0.4 is 9.80 Å². The van der Waals surface area contributed by atoms with Gasteiger partial charge in [-0.05, 0) is 49.2 Å². The molecule has 1 saturated carbocycles. The Kier molecular flexibility index (Phi) is 5.64. The third-order valence-corrected chi connectivity index (χ3v) is 7.15. The van der Waals surface area contributed by atoms with Crippen LogP contribution in [-0.2, 0) is 9.59 Å². The largest absolute Gasteiger partial charge is 0.353 e. The van der Waals surface area contributed by atoms with Crippen molar-refractivity contribution in [3.05, 3.63) is 53.5 Å². The molecule has 2 amide bonds. The monoisotopic (exact) mass is 492 g/mol. The Morgan fingerprint density at radius 2 is 1.80 bits per heavy atom. The van der Waals surface area contributed by atoms with Crippen LogP contribution in [0.25, 0.3) is 11.4 Å². The number of carbonyl (C=O) groups excluding carboxylic acids is 2. The number of hydrogen-bond donors (Lipinski definition) is 0. The molecule has 4 heterocycles. The number of benzene rings is 1. The maximum absolute atomic E-state index is 13.1. The zero-order valence-electron chi connectivity index (χ0n) is 19.1. The van der Waals surface area contributed by atoms with E-state index in [9.17, 15) is 9.59 Å². The first-order valence-corrected chi connectivity index (χ1v) is 12.3. The summed E-state index contributed by atoms with van der Waals surface area (Å²) < 4.78 is 5.34. The van der Waals surface area contributed by atoms with Crippen LogP contribution in [0.5, 0.6) is 0 Å². The molecule has 2 aliphatic heterocycles. The number of piperazine rings is 1. The van der Waals surface area contributed by atoms with Crippen LogP contribution in [0.2, 0.25) is 5.02 Å². The second kappa shape index (κ2) is 8.96. The average Bonchev–Trinajstić information content (AvgIpc) is 3.49. The van der Waals surface area contributed by atoms with Crippen molar-refractivity contribution < 1.29 is 14.1 Å². The molecular weight excluding hydrogens is 468 g/mol. The van der Waals surface area contributed by atoms with Gasteiger partial charge < -0.3 is 19.2 Å². The zero-order chi connectivity index (χ0) is 23.9. The van der Waals surface area contributed by atoms with E-state index in [-0.39, 0.29) is 24.2 Å². The molecule has 180 valence electrons. The highest BCUT2D eigenvalue weighted by atomic mass is 35.5. The van der Waals surface area contributed by atoms with Crippen molar-refractivity contribution >= 4 is 34.9 Å². The number of nitrogens with zero attached hydrogens (tertiary/aromatic N) is 6. The third-order valence-electron chi connectivity index (χ3n) is 6.90. The summed E-state index contributed by atoms with van der Waals surface area (Å²) in [6, 6.07) is 11.1. The Hall–Kier alpha value is -3.46. The van der Waals surface area contributed by atoms with Gasteiger partial charge in [-0.1, -0.05) is 16.8 Å². The molecule has 2 aromatic heterocycles. The predicted octanol–water partition coefficient (Wildman–Crippen LogP) is 3.36. The van der Waals surface area contributed by atoms with E-state index in [1.54, 1.807) is 23.2 Å². The average molecular weight is 493 g/mol. The van der Waals surface area contributed by atoms with Crippen LogP contribution in [0.1, 0.15) is 31.1 Å². The highest BCUT2D eigenvalue weighted by Crippen LogP contribution is 2.39. The lowest BCUT2D eigenvalue weighted by Gasteiger charge is -2.36. The smallest absolute Gasteiger partial charge is 0.230 e. The number of aromatic nitrogens is 3. The van der Waals surface area contributed by atoms with Crippen molar-refractivity contribution in [1.29, 1.82) is 0 Å². The number of carbonyl (C=O) groups is 2. The van der Waals surface area contributed by atoms with E-state index in [0.717, 1.165) is 29.9 Å². The molecule has 3 aliphatic rings. The summed E-state index contributed by atoms with van der Waals surface area (Å²) in [4.78, 5) is 40.5. The van der Waals surface area contributed by atoms with E-state index in [4.69, 9.17) is 16.1 Å². The van der Waals surface area contributed by atoms with E-state index in [1.165, 1.54) is 0 Å². The number of rotatable bonds is 5. The van der Waals surface area contributed by atoms with E-state index < -0.39 is 0 Å². The molecule has 1 aliphatic carbocycles. The summed E-state index contributed by atoms with van der Waals surface area (Å²) in [6.07, 6.45) is 4.24. The van der Waals surface area contributed by atoms with Gasteiger partial charge in [0.2, 0.25) is 23.5 Å². The fourth-order valence-corrected chi connectivity index (χ4v) is 4.84. The molecular formula is C25H25ClN6O3. The lowest BCUT2D eigenvalue weighted by molar-refractivity contribution is -0.136. The summed E-state index contributed by atoms with van der Waals surface area (Å²) in [5.74, 6) is 2.26. The first-order chi connectivity index (χ1) is 17.0. The summed E-state index contributed by atoms with van der Waals surface area (Å²) in [5.41, 5.74) is 1.60. The Morgan fingerprint density at radius 3 is 2.49 bits per heavy atom. The molecule has 9 nitrogen and oxygen atoms in total. The first kappa shape index (κ1) is 22.0. The molecule has 0 radical (unpaired) electrons. The van der Waals surface area contributed by atoms with E-state index >= 15 is 0 Å². The van der Waals surface area contributed by atoms with E-state index in [2.05, 4.69) is 20.0 Å². The Morgan fingerprint density at radius 1 is 1.03 bits per heavy atom.